The van der Waals surface area contributed by atoms with E-state index in [2.05, 4.69) is 121 Å². The fraction of sp³-hybridized carbons (Fsp3) is 0.200. The molecule has 0 aliphatic carbocycles. The molecule has 0 radical (unpaired) electrons. The fourth-order valence-electron chi connectivity index (χ4n) is 7.73. The van der Waals surface area contributed by atoms with Crippen LogP contribution < -0.4 is 4.74 Å². The zero-order valence-corrected chi connectivity index (χ0v) is 32.6. The SMILES string of the molecule is Cc1cccc2c1c1ncc(Oc3[c-]c4c(cc3)c3ccccc3n4-c3ccccn3)[c-]c1c1nnc(-c3c(CC(C)C)cccc3CC(C)C)n21.[Pt+2]. The molecule has 4 aromatic carbocycles. The largest absolute Gasteiger partial charge is 2.00 e. The van der Waals surface area contributed by atoms with Gasteiger partial charge in [0.1, 0.15) is 5.82 Å². The molecule has 0 aliphatic heterocycles. The molecule has 53 heavy (non-hydrogen) atoms. The number of rotatable bonds is 8. The Labute approximate surface area is 322 Å². The van der Waals surface area contributed by atoms with Gasteiger partial charge in [0.25, 0.3) is 0 Å². The van der Waals surface area contributed by atoms with Crippen molar-refractivity contribution in [2.75, 3.05) is 0 Å². The predicted octanol–water partition coefficient (Wildman–Crippen LogP) is 10.7. The van der Waals surface area contributed by atoms with Crippen molar-refractivity contribution in [2.45, 2.75) is 47.5 Å². The Morgan fingerprint density at radius 3 is 2.19 bits per heavy atom. The van der Waals surface area contributed by atoms with Crippen LogP contribution in [0, 0.1) is 30.9 Å². The molecule has 264 valence electrons. The molecule has 9 aromatic rings. The number of nitrogens with zero attached hydrogens (tertiary/aromatic N) is 6. The Hall–Kier alpha value is -5.39. The van der Waals surface area contributed by atoms with Crippen molar-refractivity contribution < 1.29 is 25.8 Å². The number of benzene rings is 4. The Morgan fingerprint density at radius 1 is 0.698 bits per heavy atom. The van der Waals surface area contributed by atoms with Crippen LogP contribution in [0.3, 0.4) is 0 Å². The van der Waals surface area contributed by atoms with E-state index in [1.54, 1.807) is 6.20 Å². The first-order chi connectivity index (χ1) is 25.4. The average molecular weight is 874 g/mol. The van der Waals surface area contributed by atoms with Gasteiger partial charge in [-0.05, 0) is 95.0 Å². The topological polar surface area (TPSA) is 70.1 Å². The third-order valence-electron chi connectivity index (χ3n) is 9.78. The van der Waals surface area contributed by atoms with Crippen molar-refractivity contribution in [3.05, 3.63) is 132 Å². The molecule has 5 heterocycles. The number of ether oxygens (including phenoxy) is 1. The summed E-state index contributed by atoms with van der Waals surface area (Å²) >= 11 is 0. The second-order valence-corrected chi connectivity index (χ2v) is 14.5. The van der Waals surface area contributed by atoms with Gasteiger partial charge >= 0.3 is 21.1 Å². The number of aromatic nitrogens is 6. The Kier molecular flexibility index (Phi) is 9.08. The van der Waals surface area contributed by atoms with E-state index in [0.29, 0.717) is 29.0 Å². The maximum Gasteiger partial charge on any atom is 2.00 e. The van der Waals surface area contributed by atoms with Crippen molar-refractivity contribution in [3.8, 4) is 28.7 Å². The van der Waals surface area contributed by atoms with Gasteiger partial charge in [-0.3, -0.25) is 0 Å². The third kappa shape index (κ3) is 5.97. The van der Waals surface area contributed by atoms with Gasteiger partial charge in [-0.25, -0.2) is 4.98 Å². The smallest absolute Gasteiger partial charge is 0.501 e. The first-order valence-corrected chi connectivity index (χ1v) is 18.0. The Bertz CT molecular complexity index is 2770. The molecule has 5 aromatic heterocycles. The summed E-state index contributed by atoms with van der Waals surface area (Å²) in [6.45, 7) is 11.2. The monoisotopic (exact) mass is 873 g/mol. The minimum atomic E-state index is 0. The van der Waals surface area contributed by atoms with Crippen LogP contribution in [0.15, 0.2) is 103 Å². The number of hydrogen-bond acceptors (Lipinski definition) is 5. The molecule has 7 nitrogen and oxygen atoms in total. The quantitative estimate of drug-likeness (QED) is 0.112. The first kappa shape index (κ1) is 34.7. The maximum atomic E-state index is 6.53. The van der Waals surface area contributed by atoms with Gasteiger partial charge in [0.2, 0.25) is 0 Å². The average Bonchev–Trinajstić information content (AvgIpc) is 3.72. The van der Waals surface area contributed by atoms with Crippen LogP contribution >= 0.6 is 0 Å². The van der Waals surface area contributed by atoms with E-state index in [-0.39, 0.29) is 21.1 Å². The molecule has 0 bridgehead atoms. The van der Waals surface area contributed by atoms with Gasteiger partial charge in [-0.15, -0.1) is 22.6 Å². The standard InChI is InChI=1S/C45H38N6O.Pt/c1-27(2)22-30-13-11-14-31(23-28(3)4)42(30)45-49-48-44-36-24-33(26-47-43(36)41-29(5)12-10-17-38(41)51(44)45)52-32-19-20-35-34-15-6-7-16-37(34)50(39(35)25-32)40-18-8-9-21-46-40;/h6-21,26-28H,22-23H2,1-5H3;/q-2;+2. The first-order valence-electron chi connectivity index (χ1n) is 18.0. The van der Waals surface area contributed by atoms with E-state index in [4.69, 9.17) is 19.9 Å². The summed E-state index contributed by atoms with van der Waals surface area (Å²) in [5.41, 5.74) is 9.35. The van der Waals surface area contributed by atoms with E-state index >= 15 is 0 Å². The minimum Gasteiger partial charge on any atom is -0.501 e. The zero-order chi connectivity index (χ0) is 35.5. The summed E-state index contributed by atoms with van der Waals surface area (Å²) in [4.78, 5) is 9.67. The van der Waals surface area contributed by atoms with E-state index in [9.17, 15) is 0 Å². The van der Waals surface area contributed by atoms with Gasteiger partial charge < -0.3 is 18.7 Å². The Morgan fingerprint density at radius 2 is 1.43 bits per heavy atom. The molecular formula is C45H38N6OPt. The summed E-state index contributed by atoms with van der Waals surface area (Å²) in [5, 5.41) is 13.8. The summed E-state index contributed by atoms with van der Waals surface area (Å²) in [6, 6.07) is 38.5. The van der Waals surface area contributed by atoms with Crippen molar-refractivity contribution in [3.63, 3.8) is 0 Å². The van der Waals surface area contributed by atoms with Gasteiger partial charge in [0.05, 0.1) is 11.4 Å². The summed E-state index contributed by atoms with van der Waals surface area (Å²) in [6.07, 6.45) is 5.45. The second-order valence-electron chi connectivity index (χ2n) is 14.5. The minimum absolute atomic E-state index is 0. The van der Waals surface area contributed by atoms with Crippen LogP contribution in [-0.2, 0) is 33.9 Å². The molecule has 0 saturated carbocycles. The fourth-order valence-corrected chi connectivity index (χ4v) is 7.73. The molecule has 0 fully saturated rings. The molecule has 0 unspecified atom stereocenters. The van der Waals surface area contributed by atoms with E-state index < -0.39 is 0 Å². The van der Waals surface area contributed by atoms with Crippen LogP contribution in [0.4, 0.5) is 0 Å². The molecule has 0 aliphatic rings. The Balaban J connectivity index is 0.00000400. The molecule has 0 atom stereocenters. The van der Waals surface area contributed by atoms with Crippen molar-refractivity contribution >= 4 is 49.3 Å². The molecule has 0 N–H and O–H groups in total. The van der Waals surface area contributed by atoms with E-state index in [1.807, 2.05) is 36.5 Å². The van der Waals surface area contributed by atoms with Crippen molar-refractivity contribution in [1.82, 2.24) is 29.1 Å². The number of hydrogen-bond donors (Lipinski definition) is 0. The number of fused-ring (bicyclic) bond motifs is 9. The molecule has 0 saturated heterocycles. The van der Waals surface area contributed by atoms with Crippen LogP contribution in [0.5, 0.6) is 11.5 Å². The number of aryl methyl sites for hydroxylation is 1. The van der Waals surface area contributed by atoms with Gasteiger partial charge in [0.15, 0.2) is 5.82 Å². The van der Waals surface area contributed by atoms with Gasteiger partial charge in [0, 0.05) is 28.5 Å². The molecule has 0 spiro atoms. The number of pyridine rings is 3. The zero-order valence-electron chi connectivity index (χ0n) is 30.3. The second kappa shape index (κ2) is 13.9. The van der Waals surface area contributed by atoms with Crippen LogP contribution in [0.2, 0.25) is 0 Å². The van der Waals surface area contributed by atoms with Gasteiger partial charge in [-0.2, -0.15) is 11.2 Å². The summed E-state index contributed by atoms with van der Waals surface area (Å²) in [5.74, 6) is 3.68. The van der Waals surface area contributed by atoms with Crippen LogP contribution in [0.25, 0.3) is 66.5 Å². The maximum absolute atomic E-state index is 6.53. The van der Waals surface area contributed by atoms with Crippen LogP contribution in [0.1, 0.15) is 44.4 Å². The number of para-hydroxylation sites is 1. The van der Waals surface area contributed by atoms with Crippen LogP contribution in [-0.4, -0.2) is 29.1 Å². The molecule has 0 amide bonds. The molecular weight excluding hydrogens is 836 g/mol. The van der Waals surface area contributed by atoms with Crippen molar-refractivity contribution in [1.29, 1.82) is 0 Å². The predicted molar refractivity (Wildman–Crippen MR) is 209 cm³/mol. The summed E-state index contributed by atoms with van der Waals surface area (Å²) < 4.78 is 10.9. The van der Waals surface area contributed by atoms with Crippen molar-refractivity contribution in [2.24, 2.45) is 11.8 Å². The summed E-state index contributed by atoms with van der Waals surface area (Å²) in [7, 11) is 0. The molecule has 8 heteroatoms. The van der Waals surface area contributed by atoms with E-state index in [1.165, 1.54) is 16.7 Å². The normalized spacial score (nSPS) is 11.8. The van der Waals surface area contributed by atoms with E-state index in [0.717, 1.165) is 73.7 Å². The molecule has 9 rings (SSSR count). The van der Waals surface area contributed by atoms with Gasteiger partial charge in [-0.1, -0.05) is 99.3 Å². The third-order valence-corrected chi connectivity index (χ3v) is 9.78.